The van der Waals surface area contributed by atoms with E-state index in [-0.39, 0.29) is 11.8 Å². The Morgan fingerprint density at radius 3 is 2.64 bits per heavy atom. The van der Waals surface area contributed by atoms with Gasteiger partial charge in [-0.05, 0) is 36.2 Å². The fraction of sp³-hybridized carbons (Fsp3) is 0.158. The molecule has 0 aliphatic rings. The molecular weight excluding hydrogens is 272 g/mol. The molecule has 0 bridgehead atoms. The summed E-state index contributed by atoms with van der Waals surface area (Å²) in [5.74, 6) is -0.127. The molecule has 110 valence electrons. The number of aromatic nitrogens is 1. The molecule has 3 nitrogen and oxygen atoms in total. The predicted molar refractivity (Wildman–Crippen MR) is 89.8 cm³/mol. The normalized spacial score (nSPS) is 12.0. The van der Waals surface area contributed by atoms with Crippen molar-refractivity contribution in [1.82, 2.24) is 4.98 Å². The molecule has 0 aliphatic heterocycles. The lowest BCUT2D eigenvalue weighted by molar-refractivity contribution is -0.117. The fourth-order valence-electron chi connectivity index (χ4n) is 2.69. The van der Waals surface area contributed by atoms with E-state index >= 15 is 0 Å². The Balaban J connectivity index is 1.89. The number of carbonyl (C=O) groups excluding carboxylic acids is 1. The molecule has 0 saturated carbocycles. The van der Waals surface area contributed by atoms with Crippen LogP contribution in [0.3, 0.4) is 0 Å². The predicted octanol–water partition coefficient (Wildman–Crippen LogP) is 4.37. The van der Waals surface area contributed by atoms with E-state index in [0.717, 1.165) is 28.6 Å². The molecule has 0 saturated heterocycles. The lowest BCUT2D eigenvalue weighted by Crippen LogP contribution is -2.20. The Bertz CT molecular complexity index is 778. The standard InChI is InChI=1S/C19H18N2O/c1-2-15(14-8-4-3-5-9-14)19(22)21-18-12-6-11-17-16(18)10-7-13-20-17/h3-13,15H,2H2,1H3,(H,21,22). The highest BCUT2D eigenvalue weighted by atomic mass is 16.1. The number of amides is 1. The first kappa shape index (κ1) is 14.3. The van der Waals surface area contributed by atoms with Gasteiger partial charge < -0.3 is 5.32 Å². The minimum Gasteiger partial charge on any atom is -0.325 e. The van der Waals surface area contributed by atoms with Crippen LogP contribution in [-0.4, -0.2) is 10.9 Å². The Kier molecular flexibility index (Phi) is 4.15. The van der Waals surface area contributed by atoms with Gasteiger partial charge in [-0.3, -0.25) is 9.78 Å². The molecule has 1 atom stereocenters. The fourth-order valence-corrected chi connectivity index (χ4v) is 2.69. The minimum atomic E-state index is -0.145. The van der Waals surface area contributed by atoms with Crippen molar-refractivity contribution in [1.29, 1.82) is 0 Å². The molecule has 0 fully saturated rings. The van der Waals surface area contributed by atoms with E-state index in [1.54, 1.807) is 6.20 Å². The lowest BCUT2D eigenvalue weighted by atomic mass is 9.95. The Labute approximate surface area is 130 Å². The third-order valence-electron chi connectivity index (χ3n) is 3.83. The number of hydrogen-bond acceptors (Lipinski definition) is 2. The second kappa shape index (κ2) is 6.39. The number of nitrogens with one attached hydrogen (secondary N) is 1. The Morgan fingerprint density at radius 2 is 1.86 bits per heavy atom. The summed E-state index contributed by atoms with van der Waals surface area (Å²) in [5, 5.41) is 4.01. The van der Waals surface area contributed by atoms with E-state index in [1.165, 1.54) is 0 Å². The van der Waals surface area contributed by atoms with E-state index in [2.05, 4.69) is 10.3 Å². The molecule has 1 heterocycles. The number of anilines is 1. The quantitative estimate of drug-likeness (QED) is 0.775. The van der Waals surface area contributed by atoms with Crippen LogP contribution in [0.5, 0.6) is 0 Å². The van der Waals surface area contributed by atoms with Gasteiger partial charge in [0, 0.05) is 11.6 Å². The van der Waals surface area contributed by atoms with Crippen molar-refractivity contribution < 1.29 is 4.79 Å². The zero-order valence-corrected chi connectivity index (χ0v) is 12.5. The number of pyridine rings is 1. The van der Waals surface area contributed by atoms with Gasteiger partial charge in [0.15, 0.2) is 0 Å². The third-order valence-corrected chi connectivity index (χ3v) is 3.83. The summed E-state index contributed by atoms with van der Waals surface area (Å²) in [6.07, 6.45) is 2.52. The number of fused-ring (bicyclic) bond motifs is 1. The molecule has 1 aromatic heterocycles. The zero-order chi connectivity index (χ0) is 15.4. The highest BCUT2D eigenvalue weighted by Crippen LogP contribution is 2.25. The second-order valence-electron chi connectivity index (χ2n) is 5.24. The van der Waals surface area contributed by atoms with Crippen LogP contribution in [0.4, 0.5) is 5.69 Å². The van der Waals surface area contributed by atoms with Gasteiger partial charge in [-0.1, -0.05) is 43.3 Å². The lowest BCUT2D eigenvalue weighted by Gasteiger charge is -2.16. The van der Waals surface area contributed by atoms with Crippen LogP contribution in [0.15, 0.2) is 66.9 Å². The molecule has 0 aliphatic carbocycles. The average Bonchev–Trinajstić information content (AvgIpc) is 2.57. The average molecular weight is 290 g/mol. The van der Waals surface area contributed by atoms with Crippen LogP contribution < -0.4 is 5.32 Å². The first-order valence-corrected chi connectivity index (χ1v) is 7.49. The first-order valence-electron chi connectivity index (χ1n) is 7.49. The second-order valence-corrected chi connectivity index (χ2v) is 5.24. The van der Waals surface area contributed by atoms with Gasteiger partial charge >= 0.3 is 0 Å². The summed E-state index contributed by atoms with van der Waals surface area (Å²) in [6, 6.07) is 19.5. The maximum Gasteiger partial charge on any atom is 0.231 e. The summed E-state index contributed by atoms with van der Waals surface area (Å²) in [7, 11) is 0. The highest BCUT2D eigenvalue weighted by Gasteiger charge is 2.19. The molecule has 1 unspecified atom stereocenters. The van der Waals surface area contributed by atoms with Crippen LogP contribution in [0.2, 0.25) is 0 Å². The highest BCUT2D eigenvalue weighted by molar-refractivity contribution is 6.03. The van der Waals surface area contributed by atoms with Crippen molar-refractivity contribution in [3.8, 4) is 0 Å². The van der Waals surface area contributed by atoms with Crippen molar-refractivity contribution >= 4 is 22.5 Å². The van der Waals surface area contributed by atoms with Crippen LogP contribution in [0.25, 0.3) is 10.9 Å². The molecule has 2 aromatic carbocycles. The smallest absolute Gasteiger partial charge is 0.231 e. The van der Waals surface area contributed by atoms with Gasteiger partial charge in [-0.2, -0.15) is 0 Å². The van der Waals surface area contributed by atoms with E-state index in [9.17, 15) is 4.79 Å². The van der Waals surface area contributed by atoms with Crippen molar-refractivity contribution in [3.05, 3.63) is 72.4 Å². The topological polar surface area (TPSA) is 42.0 Å². The summed E-state index contributed by atoms with van der Waals surface area (Å²) in [5.41, 5.74) is 2.74. The first-order chi connectivity index (χ1) is 10.8. The van der Waals surface area contributed by atoms with Crippen molar-refractivity contribution in [2.75, 3.05) is 5.32 Å². The molecule has 0 spiro atoms. The molecule has 1 amide bonds. The Hall–Kier alpha value is -2.68. The van der Waals surface area contributed by atoms with Gasteiger partial charge in [-0.25, -0.2) is 0 Å². The van der Waals surface area contributed by atoms with Crippen LogP contribution in [0, 0.1) is 0 Å². The van der Waals surface area contributed by atoms with Gasteiger partial charge in [0.1, 0.15) is 0 Å². The zero-order valence-electron chi connectivity index (χ0n) is 12.5. The van der Waals surface area contributed by atoms with Crippen LogP contribution in [-0.2, 0) is 4.79 Å². The minimum absolute atomic E-state index is 0.0186. The molecule has 3 aromatic rings. The number of rotatable bonds is 4. The van der Waals surface area contributed by atoms with Crippen molar-refractivity contribution in [2.45, 2.75) is 19.3 Å². The van der Waals surface area contributed by atoms with Gasteiger partial charge in [0.05, 0.1) is 17.1 Å². The molecule has 22 heavy (non-hydrogen) atoms. The van der Waals surface area contributed by atoms with Crippen molar-refractivity contribution in [2.24, 2.45) is 0 Å². The van der Waals surface area contributed by atoms with E-state index in [1.807, 2.05) is 67.6 Å². The Morgan fingerprint density at radius 1 is 1.05 bits per heavy atom. The SMILES string of the molecule is CCC(C(=O)Nc1cccc2ncccc12)c1ccccc1. The largest absolute Gasteiger partial charge is 0.325 e. The summed E-state index contributed by atoms with van der Waals surface area (Å²) < 4.78 is 0. The number of benzene rings is 2. The molecule has 3 heteroatoms. The van der Waals surface area contributed by atoms with Gasteiger partial charge in [0.2, 0.25) is 5.91 Å². The molecule has 0 radical (unpaired) electrons. The molecular formula is C19H18N2O. The van der Waals surface area contributed by atoms with Crippen LogP contribution in [0.1, 0.15) is 24.8 Å². The van der Waals surface area contributed by atoms with Gasteiger partial charge in [0.25, 0.3) is 0 Å². The molecule has 1 N–H and O–H groups in total. The van der Waals surface area contributed by atoms with E-state index in [0.29, 0.717) is 0 Å². The summed E-state index contributed by atoms with van der Waals surface area (Å²) >= 11 is 0. The van der Waals surface area contributed by atoms with Crippen molar-refractivity contribution in [3.63, 3.8) is 0 Å². The monoisotopic (exact) mass is 290 g/mol. The maximum absolute atomic E-state index is 12.7. The van der Waals surface area contributed by atoms with Crippen LogP contribution >= 0.6 is 0 Å². The summed E-state index contributed by atoms with van der Waals surface area (Å²) in [6.45, 7) is 2.03. The number of carbonyl (C=O) groups is 1. The van der Waals surface area contributed by atoms with Gasteiger partial charge in [-0.15, -0.1) is 0 Å². The summed E-state index contributed by atoms with van der Waals surface area (Å²) in [4.78, 5) is 17.0. The third kappa shape index (κ3) is 2.84. The van der Waals surface area contributed by atoms with E-state index < -0.39 is 0 Å². The number of hydrogen-bond donors (Lipinski definition) is 1. The number of nitrogens with zero attached hydrogens (tertiary/aromatic N) is 1. The van der Waals surface area contributed by atoms with E-state index in [4.69, 9.17) is 0 Å². The maximum atomic E-state index is 12.7. The molecule has 3 rings (SSSR count).